The molecule has 0 saturated heterocycles. The van der Waals surface area contributed by atoms with Gasteiger partial charge < -0.3 is 37.6 Å². The maximum Gasteiger partial charge on any atom is 0.326 e. The van der Waals surface area contributed by atoms with Crippen molar-refractivity contribution in [1.29, 1.82) is 0 Å². The molecule has 178 valence electrons. The lowest BCUT2D eigenvalue weighted by Crippen LogP contribution is -2.58. The summed E-state index contributed by atoms with van der Waals surface area (Å²) in [7, 11) is 0. The quantitative estimate of drug-likeness (QED) is 0.137. The summed E-state index contributed by atoms with van der Waals surface area (Å²) in [6, 6.07) is -4.98. The number of nitrogens with two attached hydrogens (primary N) is 2. The predicted molar refractivity (Wildman–Crippen MR) is 115 cm³/mol. The molecule has 0 saturated carbocycles. The summed E-state index contributed by atoms with van der Waals surface area (Å²) >= 11 is 1.41. The van der Waals surface area contributed by atoms with Crippen LogP contribution in [0.1, 0.15) is 33.1 Å². The maximum absolute atomic E-state index is 12.7. The van der Waals surface area contributed by atoms with Crippen LogP contribution in [0.4, 0.5) is 0 Å². The first-order valence-electron chi connectivity index (χ1n) is 9.75. The molecule has 31 heavy (non-hydrogen) atoms. The molecule has 0 bridgehead atoms. The fourth-order valence-corrected chi connectivity index (χ4v) is 2.96. The molecule has 0 aliphatic heterocycles. The van der Waals surface area contributed by atoms with E-state index in [1.807, 2.05) is 0 Å². The van der Waals surface area contributed by atoms with E-state index in [0.29, 0.717) is 12.2 Å². The molecule has 0 heterocycles. The van der Waals surface area contributed by atoms with Gasteiger partial charge in [0.2, 0.25) is 23.6 Å². The number of thioether (sulfide) groups is 1. The van der Waals surface area contributed by atoms with Crippen LogP contribution >= 0.6 is 11.8 Å². The van der Waals surface area contributed by atoms with Gasteiger partial charge >= 0.3 is 5.97 Å². The van der Waals surface area contributed by atoms with Crippen LogP contribution in [-0.2, 0) is 24.0 Å². The van der Waals surface area contributed by atoms with Crippen molar-refractivity contribution in [3.63, 3.8) is 0 Å². The second kappa shape index (κ2) is 14.6. The third-order valence-corrected chi connectivity index (χ3v) is 5.24. The van der Waals surface area contributed by atoms with Gasteiger partial charge in [-0.3, -0.25) is 19.2 Å². The number of aliphatic hydroxyl groups excluding tert-OH is 1. The van der Waals surface area contributed by atoms with Crippen LogP contribution in [0.25, 0.3) is 0 Å². The molecule has 0 spiro atoms. The molecule has 0 aliphatic rings. The van der Waals surface area contributed by atoms with Gasteiger partial charge in [0.25, 0.3) is 0 Å². The molecule has 5 unspecified atom stereocenters. The minimum Gasteiger partial charge on any atom is -0.480 e. The number of carboxylic acid groups (broad SMARTS) is 1. The smallest absolute Gasteiger partial charge is 0.326 e. The van der Waals surface area contributed by atoms with Gasteiger partial charge in [-0.05, 0) is 24.3 Å². The highest BCUT2D eigenvalue weighted by Crippen LogP contribution is 2.10. The zero-order valence-electron chi connectivity index (χ0n) is 17.9. The molecule has 5 atom stereocenters. The monoisotopic (exact) mass is 463 g/mol. The normalized spacial score (nSPS) is 15.6. The average Bonchev–Trinajstić information content (AvgIpc) is 2.71. The Morgan fingerprint density at radius 3 is 2.00 bits per heavy atom. The van der Waals surface area contributed by atoms with Gasteiger partial charge in [-0.15, -0.1) is 0 Å². The minimum atomic E-state index is -1.42. The second-order valence-electron chi connectivity index (χ2n) is 7.07. The largest absolute Gasteiger partial charge is 0.480 e. The van der Waals surface area contributed by atoms with E-state index in [9.17, 15) is 29.1 Å². The van der Waals surface area contributed by atoms with Gasteiger partial charge in [0, 0.05) is 0 Å². The molecular formula is C18H33N5O7S. The summed E-state index contributed by atoms with van der Waals surface area (Å²) in [5.74, 6) is -4.40. The van der Waals surface area contributed by atoms with E-state index in [4.69, 9.17) is 16.6 Å². The summed E-state index contributed by atoms with van der Waals surface area (Å²) in [6.45, 7) is 2.78. The Kier molecular flexibility index (Phi) is 13.5. The van der Waals surface area contributed by atoms with E-state index in [0.717, 1.165) is 0 Å². The van der Waals surface area contributed by atoms with Crippen LogP contribution in [0, 0.1) is 5.92 Å². The topological polar surface area (TPSA) is 214 Å². The number of primary amides is 1. The number of rotatable bonds is 15. The number of hydrogen-bond donors (Lipinski definition) is 7. The molecule has 0 radical (unpaired) electrons. The lowest BCUT2D eigenvalue weighted by molar-refractivity contribution is -0.144. The highest BCUT2D eigenvalue weighted by molar-refractivity contribution is 7.98. The van der Waals surface area contributed by atoms with Gasteiger partial charge in [-0.2, -0.15) is 11.8 Å². The maximum atomic E-state index is 12.7. The summed E-state index contributed by atoms with van der Waals surface area (Å²) in [5, 5.41) is 25.4. The zero-order valence-corrected chi connectivity index (χ0v) is 18.7. The molecule has 9 N–H and O–H groups in total. The Labute approximate surface area is 185 Å². The van der Waals surface area contributed by atoms with Crippen molar-refractivity contribution in [2.45, 2.75) is 57.3 Å². The Balaban J connectivity index is 5.48. The van der Waals surface area contributed by atoms with E-state index < -0.39 is 66.8 Å². The average molecular weight is 464 g/mol. The van der Waals surface area contributed by atoms with Crippen LogP contribution in [0.5, 0.6) is 0 Å². The predicted octanol–water partition coefficient (Wildman–Crippen LogP) is -2.48. The van der Waals surface area contributed by atoms with E-state index in [1.54, 1.807) is 20.1 Å². The van der Waals surface area contributed by atoms with Crippen LogP contribution in [0.3, 0.4) is 0 Å². The molecular weight excluding hydrogens is 430 g/mol. The van der Waals surface area contributed by atoms with Crippen molar-refractivity contribution in [2.75, 3.05) is 18.6 Å². The number of aliphatic hydroxyl groups is 1. The van der Waals surface area contributed by atoms with Crippen LogP contribution in [0.15, 0.2) is 0 Å². The van der Waals surface area contributed by atoms with Crippen molar-refractivity contribution >= 4 is 41.4 Å². The molecule has 0 aromatic rings. The van der Waals surface area contributed by atoms with E-state index in [1.165, 1.54) is 11.8 Å². The summed E-state index contributed by atoms with van der Waals surface area (Å²) in [5.41, 5.74) is 10.5. The van der Waals surface area contributed by atoms with Crippen LogP contribution in [-0.4, -0.2) is 82.6 Å². The number of carbonyl (C=O) groups excluding carboxylic acids is 4. The minimum absolute atomic E-state index is 0.180. The molecule has 12 nitrogen and oxygen atoms in total. The van der Waals surface area contributed by atoms with Gasteiger partial charge in [0.05, 0.1) is 13.0 Å². The third-order valence-electron chi connectivity index (χ3n) is 4.59. The van der Waals surface area contributed by atoms with E-state index in [-0.39, 0.29) is 12.3 Å². The Morgan fingerprint density at radius 1 is 1.00 bits per heavy atom. The zero-order chi connectivity index (χ0) is 24.1. The standard InChI is InChI=1S/C18H33N5O7S/c1-4-9(2)14(18(29)30)23-16(27)11(5-6-31-3)21-17(28)12(7-13(20)25)22-15(26)10(19)8-24/h9-12,14,24H,4-8,19H2,1-3H3,(H2,20,25)(H,21,28)(H,22,26)(H,23,27)(H,29,30). The van der Waals surface area contributed by atoms with Gasteiger partial charge in [0.1, 0.15) is 24.2 Å². The lowest BCUT2D eigenvalue weighted by Gasteiger charge is -2.26. The van der Waals surface area contributed by atoms with Gasteiger partial charge in [-0.25, -0.2) is 4.79 Å². The fourth-order valence-electron chi connectivity index (χ4n) is 2.49. The second-order valence-corrected chi connectivity index (χ2v) is 8.06. The molecule has 0 aromatic carbocycles. The molecule has 0 aliphatic carbocycles. The van der Waals surface area contributed by atoms with Crippen LogP contribution in [0.2, 0.25) is 0 Å². The first-order chi connectivity index (χ1) is 14.5. The molecule has 0 aromatic heterocycles. The third kappa shape index (κ3) is 10.5. The van der Waals surface area contributed by atoms with Crippen molar-refractivity contribution in [2.24, 2.45) is 17.4 Å². The number of amides is 4. The van der Waals surface area contributed by atoms with Crippen molar-refractivity contribution in [3.8, 4) is 0 Å². The Morgan fingerprint density at radius 2 is 1.55 bits per heavy atom. The van der Waals surface area contributed by atoms with Crippen molar-refractivity contribution in [1.82, 2.24) is 16.0 Å². The highest BCUT2D eigenvalue weighted by Gasteiger charge is 2.32. The van der Waals surface area contributed by atoms with Gasteiger partial charge in [0.15, 0.2) is 0 Å². The lowest BCUT2D eigenvalue weighted by atomic mass is 9.98. The van der Waals surface area contributed by atoms with E-state index in [2.05, 4.69) is 16.0 Å². The number of hydrogen-bond acceptors (Lipinski definition) is 8. The first kappa shape index (κ1) is 28.6. The van der Waals surface area contributed by atoms with Gasteiger partial charge in [-0.1, -0.05) is 20.3 Å². The molecule has 4 amide bonds. The Bertz CT molecular complexity index is 649. The number of aliphatic carboxylic acids is 1. The molecule has 13 heteroatoms. The van der Waals surface area contributed by atoms with Crippen molar-refractivity contribution < 1.29 is 34.2 Å². The number of nitrogens with one attached hydrogen (secondary N) is 3. The SMILES string of the molecule is CCC(C)C(NC(=O)C(CCSC)NC(=O)C(CC(N)=O)NC(=O)C(N)CO)C(=O)O. The Hall–Kier alpha value is -2.38. The summed E-state index contributed by atoms with van der Waals surface area (Å²) < 4.78 is 0. The van der Waals surface area contributed by atoms with Crippen LogP contribution < -0.4 is 27.4 Å². The summed E-state index contributed by atoms with van der Waals surface area (Å²) in [4.78, 5) is 60.1. The number of carbonyl (C=O) groups is 5. The number of carboxylic acids is 1. The first-order valence-corrected chi connectivity index (χ1v) is 11.1. The molecule has 0 rings (SSSR count). The van der Waals surface area contributed by atoms with E-state index >= 15 is 0 Å². The fraction of sp³-hybridized carbons (Fsp3) is 0.722. The highest BCUT2D eigenvalue weighted by atomic mass is 32.2. The molecule has 0 fully saturated rings. The van der Waals surface area contributed by atoms with Crippen molar-refractivity contribution in [3.05, 3.63) is 0 Å². The summed E-state index contributed by atoms with van der Waals surface area (Å²) in [6.07, 6.45) is 1.93.